The predicted molar refractivity (Wildman–Crippen MR) is 96.1 cm³/mol. The van der Waals surface area contributed by atoms with E-state index in [-0.39, 0.29) is 5.41 Å². The van der Waals surface area contributed by atoms with Gasteiger partial charge in [0.05, 0.1) is 11.5 Å². The first-order valence-corrected chi connectivity index (χ1v) is 10.3. The number of nitrogens with one attached hydrogen (secondary N) is 1. The van der Waals surface area contributed by atoms with Gasteiger partial charge < -0.3 is 10.2 Å². The summed E-state index contributed by atoms with van der Waals surface area (Å²) in [5.74, 6) is 1.07. The van der Waals surface area contributed by atoms with E-state index in [0.717, 1.165) is 32.4 Å². The van der Waals surface area contributed by atoms with Crippen LogP contribution in [0.15, 0.2) is 18.2 Å². The van der Waals surface area contributed by atoms with Crippen molar-refractivity contribution in [2.45, 2.75) is 37.5 Å². The summed E-state index contributed by atoms with van der Waals surface area (Å²) in [5.41, 5.74) is 4.14. The van der Waals surface area contributed by atoms with Crippen LogP contribution in [-0.2, 0) is 15.3 Å². The van der Waals surface area contributed by atoms with Crippen LogP contribution in [0.25, 0.3) is 0 Å². The maximum atomic E-state index is 11.7. The second-order valence-corrected chi connectivity index (χ2v) is 10.0. The molecule has 1 atom stereocenters. The van der Waals surface area contributed by atoms with Gasteiger partial charge >= 0.3 is 0 Å². The van der Waals surface area contributed by atoms with Gasteiger partial charge in [-0.2, -0.15) is 0 Å². The highest BCUT2D eigenvalue weighted by Gasteiger charge is 2.35. The van der Waals surface area contributed by atoms with Crippen molar-refractivity contribution >= 4 is 15.5 Å². The molecule has 0 saturated carbocycles. The molecule has 0 aromatic heterocycles. The quantitative estimate of drug-likeness (QED) is 0.918. The van der Waals surface area contributed by atoms with E-state index in [1.54, 1.807) is 0 Å². The summed E-state index contributed by atoms with van der Waals surface area (Å²) >= 11 is 0. The maximum absolute atomic E-state index is 11.7. The first kappa shape index (κ1) is 16.8. The zero-order valence-electron chi connectivity index (χ0n) is 14.4. The Kier molecular flexibility index (Phi) is 4.45. The molecule has 2 aliphatic rings. The Labute approximate surface area is 140 Å². The maximum Gasteiger partial charge on any atom is 0.150 e. The molecule has 1 aromatic rings. The third kappa shape index (κ3) is 3.56. The molecule has 2 aliphatic heterocycles. The number of fused-ring (bicyclic) bond motifs is 1. The Morgan fingerprint density at radius 2 is 1.96 bits per heavy atom. The van der Waals surface area contributed by atoms with E-state index in [0.29, 0.717) is 17.4 Å². The van der Waals surface area contributed by atoms with Crippen molar-refractivity contribution in [2.75, 3.05) is 44.0 Å². The Morgan fingerprint density at radius 1 is 1.26 bits per heavy atom. The zero-order valence-corrected chi connectivity index (χ0v) is 15.2. The van der Waals surface area contributed by atoms with Gasteiger partial charge in [0, 0.05) is 17.6 Å². The van der Waals surface area contributed by atoms with Gasteiger partial charge in [0.15, 0.2) is 0 Å². The topological polar surface area (TPSA) is 49.4 Å². The molecular formula is C18H28N2O2S. The molecule has 128 valence electrons. The largest absolute Gasteiger partial charge is 0.384 e. The Morgan fingerprint density at radius 3 is 2.61 bits per heavy atom. The summed E-state index contributed by atoms with van der Waals surface area (Å²) in [6.45, 7) is 4.40. The minimum atomic E-state index is -2.79. The molecule has 0 spiro atoms. The van der Waals surface area contributed by atoms with Crippen molar-refractivity contribution in [3.63, 3.8) is 0 Å². The van der Waals surface area contributed by atoms with E-state index in [2.05, 4.69) is 49.4 Å². The van der Waals surface area contributed by atoms with Crippen LogP contribution in [0, 0.1) is 0 Å². The molecule has 4 nitrogen and oxygen atoms in total. The first-order valence-electron chi connectivity index (χ1n) is 8.53. The van der Waals surface area contributed by atoms with Gasteiger partial charge in [0.2, 0.25) is 0 Å². The highest BCUT2D eigenvalue weighted by molar-refractivity contribution is 7.91. The fourth-order valence-electron chi connectivity index (χ4n) is 3.77. The second kappa shape index (κ2) is 6.10. The lowest BCUT2D eigenvalue weighted by Crippen LogP contribution is -2.29. The molecule has 5 heteroatoms. The summed E-state index contributed by atoms with van der Waals surface area (Å²) < 4.78 is 23.3. The number of hydrogen-bond acceptors (Lipinski definition) is 4. The second-order valence-electron chi connectivity index (χ2n) is 7.70. The Bertz CT molecular complexity index is 670. The SMILES string of the molecule is CN(C)CCC1(C)CNc2ccc(C3CCS(=O)(=O)CC3)cc21. The fourth-order valence-corrected chi connectivity index (χ4v) is 5.26. The molecule has 1 N–H and O–H groups in total. The van der Waals surface area contributed by atoms with E-state index < -0.39 is 9.84 Å². The molecular weight excluding hydrogens is 308 g/mol. The van der Waals surface area contributed by atoms with Crippen molar-refractivity contribution in [3.8, 4) is 0 Å². The Hall–Kier alpha value is -1.07. The van der Waals surface area contributed by atoms with Gasteiger partial charge in [-0.25, -0.2) is 8.42 Å². The van der Waals surface area contributed by atoms with E-state index in [1.807, 2.05) is 0 Å². The highest BCUT2D eigenvalue weighted by Crippen LogP contribution is 2.41. The lowest BCUT2D eigenvalue weighted by Gasteiger charge is -2.28. The van der Waals surface area contributed by atoms with Gasteiger partial charge in [-0.3, -0.25) is 0 Å². The smallest absolute Gasteiger partial charge is 0.150 e. The zero-order chi connectivity index (χ0) is 16.7. The molecule has 23 heavy (non-hydrogen) atoms. The van der Waals surface area contributed by atoms with Gasteiger partial charge in [0.25, 0.3) is 0 Å². The molecule has 1 aromatic carbocycles. The third-order valence-electron chi connectivity index (χ3n) is 5.50. The van der Waals surface area contributed by atoms with Gasteiger partial charge in [-0.1, -0.05) is 19.1 Å². The molecule has 1 fully saturated rings. The third-order valence-corrected chi connectivity index (χ3v) is 7.22. The molecule has 2 heterocycles. The number of benzene rings is 1. The summed E-state index contributed by atoms with van der Waals surface area (Å²) in [4.78, 5) is 2.24. The normalized spacial score (nSPS) is 27.0. The molecule has 1 unspecified atom stereocenters. The number of hydrogen-bond donors (Lipinski definition) is 1. The molecule has 0 amide bonds. The summed E-state index contributed by atoms with van der Waals surface area (Å²) in [7, 11) is 1.44. The van der Waals surface area contributed by atoms with Crippen LogP contribution in [0.3, 0.4) is 0 Å². The van der Waals surface area contributed by atoms with E-state index in [9.17, 15) is 8.42 Å². The van der Waals surface area contributed by atoms with Crippen LogP contribution >= 0.6 is 0 Å². The average Bonchev–Trinajstić information content (AvgIpc) is 2.83. The summed E-state index contributed by atoms with van der Waals surface area (Å²) in [6, 6.07) is 6.72. The van der Waals surface area contributed by atoms with Crippen molar-refractivity contribution in [1.29, 1.82) is 0 Å². The van der Waals surface area contributed by atoms with Crippen molar-refractivity contribution in [1.82, 2.24) is 4.90 Å². The number of nitrogens with zero attached hydrogens (tertiary/aromatic N) is 1. The minimum absolute atomic E-state index is 0.163. The molecule has 3 rings (SSSR count). The van der Waals surface area contributed by atoms with Crippen LogP contribution in [0.4, 0.5) is 5.69 Å². The number of sulfone groups is 1. The number of anilines is 1. The van der Waals surface area contributed by atoms with E-state index >= 15 is 0 Å². The predicted octanol–water partition coefficient (Wildman–Crippen LogP) is 2.61. The highest BCUT2D eigenvalue weighted by atomic mass is 32.2. The van der Waals surface area contributed by atoms with Crippen LogP contribution in [0.5, 0.6) is 0 Å². The first-order chi connectivity index (χ1) is 10.8. The molecule has 0 aliphatic carbocycles. The number of rotatable bonds is 4. The van der Waals surface area contributed by atoms with Crippen molar-refractivity contribution in [3.05, 3.63) is 29.3 Å². The summed E-state index contributed by atoms with van der Waals surface area (Å²) in [5, 5.41) is 3.54. The van der Waals surface area contributed by atoms with Gasteiger partial charge in [0.1, 0.15) is 9.84 Å². The van der Waals surface area contributed by atoms with Crippen LogP contribution < -0.4 is 5.32 Å². The van der Waals surface area contributed by atoms with Crippen LogP contribution in [0.2, 0.25) is 0 Å². The lowest BCUT2D eigenvalue weighted by molar-refractivity contribution is 0.342. The molecule has 0 radical (unpaired) electrons. The fraction of sp³-hybridized carbons (Fsp3) is 0.667. The molecule has 0 bridgehead atoms. The average molecular weight is 337 g/mol. The molecule has 1 saturated heterocycles. The van der Waals surface area contributed by atoms with Gasteiger partial charge in [-0.05, 0) is 63.0 Å². The van der Waals surface area contributed by atoms with Gasteiger partial charge in [-0.15, -0.1) is 0 Å². The standard InChI is InChI=1S/C18H28N2O2S/c1-18(8-9-20(2)3)13-19-17-5-4-15(12-16(17)18)14-6-10-23(21,22)11-7-14/h4-5,12,14,19H,6-11,13H2,1-3H3. The van der Waals surface area contributed by atoms with Crippen molar-refractivity contribution in [2.24, 2.45) is 0 Å². The van der Waals surface area contributed by atoms with Crippen molar-refractivity contribution < 1.29 is 8.42 Å². The van der Waals surface area contributed by atoms with Crippen LogP contribution in [0.1, 0.15) is 43.2 Å². The Balaban J connectivity index is 1.81. The monoisotopic (exact) mass is 336 g/mol. The van der Waals surface area contributed by atoms with E-state index in [4.69, 9.17) is 0 Å². The van der Waals surface area contributed by atoms with E-state index in [1.165, 1.54) is 16.8 Å². The lowest BCUT2D eigenvalue weighted by atomic mass is 9.79. The minimum Gasteiger partial charge on any atom is -0.384 e. The van der Waals surface area contributed by atoms with Crippen LogP contribution in [-0.4, -0.2) is 52.0 Å². The summed E-state index contributed by atoms with van der Waals surface area (Å²) in [6.07, 6.45) is 2.66.